The summed E-state index contributed by atoms with van der Waals surface area (Å²) in [7, 11) is 1.63. The number of carbonyl (C=O) groups excluding carboxylic acids is 1. The molecule has 0 fully saturated rings. The van der Waals surface area contributed by atoms with Crippen molar-refractivity contribution in [1.82, 2.24) is 5.32 Å². The molecule has 0 radical (unpaired) electrons. The summed E-state index contributed by atoms with van der Waals surface area (Å²) in [4.78, 5) is 11.3. The van der Waals surface area contributed by atoms with Gasteiger partial charge >= 0.3 is 0 Å². The molecule has 0 aliphatic rings. The van der Waals surface area contributed by atoms with Gasteiger partial charge in [0.1, 0.15) is 0 Å². The van der Waals surface area contributed by atoms with E-state index in [4.69, 9.17) is 15.2 Å². The summed E-state index contributed by atoms with van der Waals surface area (Å²) in [6, 6.07) is 0. The lowest BCUT2D eigenvalue weighted by Gasteiger charge is -2.06. The highest BCUT2D eigenvalue weighted by Gasteiger charge is 1.99. The van der Waals surface area contributed by atoms with Crippen molar-refractivity contribution in [1.29, 1.82) is 0 Å². The molecule has 5 nitrogen and oxygen atoms in total. The number of hydrogen-bond donors (Lipinski definition) is 2. The zero-order valence-corrected chi connectivity index (χ0v) is 10.9. The number of nitrogens with one attached hydrogen (secondary N) is 1. The van der Waals surface area contributed by atoms with Crippen LogP contribution in [0.2, 0.25) is 0 Å². The molecule has 0 aromatic carbocycles. The van der Waals surface area contributed by atoms with Gasteiger partial charge in [0.05, 0.1) is 19.8 Å². The fourth-order valence-electron chi connectivity index (χ4n) is 1.38. The van der Waals surface area contributed by atoms with Gasteiger partial charge in [-0.2, -0.15) is 0 Å². The number of nitrogens with two attached hydrogens (primary N) is 1. The fraction of sp³-hybridized carbons (Fsp3) is 0.917. The topological polar surface area (TPSA) is 73.6 Å². The first-order valence-electron chi connectivity index (χ1n) is 6.34. The maximum atomic E-state index is 11.3. The highest BCUT2D eigenvalue weighted by molar-refractivity contribution is 5.75. The van der Waals surface area contributed by atoms with E-state index in [1.165, 1.54) is 0 Å². The molecule has 0 saturated heterocycles. The van der Waals surface area contributed by atoms with E-state index in [1.807, 2.05) is 0 Å². The number of rotatable bonds is 12. The van der Waals surface area contributed by atoms with E-state index in [1.54, 1.807) is 7.11 Å². The van der Waals surface area contributed by atoms with Crippen molar-refractivity contribution in [3.05, 3.63) is 0 Å². The van der Waals surface area contributed by atoms with E-state index in [0.717, 1.165) is 32.2 Å². The van der Waals surface area contributed by atoms with Crippen molar-refractivity contribution in [2.24, 2.45) is 5.73 Å². The molecule has 0 aliphatic carbocycles. The van der Waals surface area contributed by atoms with Gasteiger partial charge in [0, 0.05) is 20.1 Å². The second-order valence-electron chi connectivity index (χ2n) is 3.91. The van der Waals surface area contributed by atoms with Crippen molar-refractivity contribution in [3.63, 3.8) is 0 Å². The molecule has 0 aliphatic heterocycles. The highest BCUT2D eigenvalue weighted by Crippen LogP contribution is 2.01. The molecule has 3 N–H and O–H groups in total. The Morgan fingerprint density at radius 2 is 1.88 bits per heavy atom. The lowest BCUT2D eigenvalue weighted by Crippen LogP contribution is -2.27. The molecule has 0 spiro atoms. The van der Waals surface area contributed by atoms with E-state index in [0.29, 0.717) is 32.8 Å². The van der Waals surface area contributed by atoms with Gasteiger partial charge in [-0.3, -0.25) is 4.79 Å². The zero-order chi connectivity index (χ0) is 12.8. The molecule has 0 aromatic heterocycles. The van der Waals surface area contributed by atoms with Crippen molar-refractivity contribution in [2.45, 2.75) is 32.1 Å². The van der Waals surface area contributed by atoms with Gasteiger partial charge in [-0.15, -0.1) is 0 Å². The Morgan fingerprint density at radius 3 is 2.59 bits per heavy atom. The summed E-state index contributed by atoms with van der Waals surface area (Å²) >= 11 is 0. The molecule has 0 atom stereocenters. The maximum Gasteiger partial charge on any atom is 0.220 e. The number of amides is 1. The average Bonchev–Trinajstić information content (AvgIpc) is 2.33. The Hall–Kier alpha value is -0.650. The Bertz CT molecular complexity index is 177. The molecular formula is C12H26N2O3. The summed E-state index contributed by atoms with van der Waals surface area (Å²) in [5.41, 5.74) is 5.38. The van der Waals surface area contributed by atoms with Gasteiger partial charge in [0.2, 0.25) is 5.91 Å². The van der Waals surface area contributed by atoms with Crippen molar-refractivity contribution < 1.29 is 14.3 Å². The first kappa shape index (κ1) is 16.4. The summed E-state index contributed by atoms with van der Waals surface area (Å²) in [5.74, 6) is 0.105. The lowest BCUT2D eigenvalue weighted by atomic mass is 10.1. The van der Waals surface area contributed by atoms with Gasteiger partial charge in [-0.05, 0) is 19.4 Å². The summed E-state index contributed by atoms with van der Waals surface area (Å²) in [6.07, 6.45) is 4.78. The predicted molar refractivity (Wildman–Crippen MR) is 67.8 cm³/mol. The van der Waals surface area contributed by atoms with Crippen LogP contribution >= 0.6 is 0 Å². The Kier molecular flexibility index (Phi) is 12.9. The third-order valence-corrected chi connectivity index (χ3v) is 2.36. The van der Waals surface area contributed by atoms with Crippen LogP contribution in [0.5, 0.6) is 0 Å². The Morgan fingerprint density at radius 1 is 1.12 bits per heavy atom. The molecule has 0 unspecified atom stereocenters. The first-order valence-corrected chi connectivity index (χ1v) is 6.34. The summed E-state index contributed by atoms with van der Waals surface area (Å²) in [6.45, 7) is 3.03. The fourth-order valence-corrected chi connectivity index (χ4v) is 1.38. The van der Waals surface area contributed by atoms with Crippen LogP contribution < -0.4 is 11.1 Å². The number of ether oxygens (including phenoxy) is 2. The number of hydrogen-bond acceptors (Lipinski definition) is 4. The van der Waals surface area contributed by atoms with Gasteiger partial charge in [-0.25, -0.2) is 0 Å². The molecule has 17 heavy (non-hydrogen) atoms. The monoisotopic (exact) mass is 246 g/mol. The number of unbranched alkanes of at least 4 members (excludes halogenated alkanes) is 3. The maximum absolute atomic E-state index is 11.3. The molecule has 0 aromatic rings. The quantitative estimate of drug-likeness (QED) is 0.497. The minimum atomic E-state index is 0.105. The minimum absolute atomic E-state index is 0.105. The SMILES string of the molecule is COCCOCCNC(=O)CCCCCCN. The smallest absolute Gasteiger partial charge is 0.220 e. The molecular weight excluding hydrogens is 220 g/mol. The number of methoxy groups -OCH3 is 1. The highest BCUT2D eigenvalue weighted by atomic mass is 16.5. The van der Waals surface area contributed by atoms with Crippen LogP contribution in [0.25, 0.3) is 0 Å². The molecule has 1 amide bonds. The van der Waals surface area contributed by atoms with E-state index >= 15 is 0 Å². The van der Waals surface area contributed by atoms with Crippen LogP contribution in [0.1, 0.15) is 32.1 Å². The van der Waals surface area contributed by atoms with Gasteiger partial charge in [0.25, 0.3) is 0 Å². The van der Waals surface area contributed by atoms with E-state index in [2.05, 4.69) is 5.32 Å². The van der Waals surface area contributed by atoms with Gasteiger partial charge in [0.15, 0.2) is 0 Å². The second-order valence-corrected chi connectivity index (χ2v) is 3.91. The summed E-state index contributed by atoms with van der Waals surface area (Å²) < 4.78 is 10.1. The third kappa shape index (κ3) is 13.3. The van der Waals surface area contributed by atoms with Crippen LogP contribution in [0.15, 0.2) is 0 Å². The second kappa shape index (κ2) is 13.4. The standard InChI is InChI=1S/C12H26N2O3/c1-16-10-11-17-9-8-14-12(15)6-4-2-3-5-7-13/h2-11,13H2,1H3,(H,14,15). The van der Waals surface area contributed by atoms with Crippen LogP contribution in [-0.2, 0) is 14.3 Å². The van der Waals surface area contributed by atoms with E-state index < -0.39 is 0 Å². The Balaban J connectivity index is 3.12. The van der Waals surface area contributed by atoms with Crippen molar-refractivity contribution in [2.75, 3.05) is 40.0 Å². The summed E-state index contributed by atoms with van der Waals surface area (Å²) in [5, 5.41) is 2.82. The predicted octanol–water partition coefficient (Wildman–Crippen LogP) is 0.675. The van der Waals surface area contributed by atoms with Crippen LogP contribution in [0.4, 0.5) is 0 Å². The lowest BCUT2D eigenvalue weighted by molar-refractivity contribution is -0.121. The van der Waals surface area contributed by atoms with Crippen molar-refractivity contribution in [3.8, 4) is 0 Å². The first-order chi connectivity index (χ1) is 8.31. The van der Waals surface area contributed by atoms with E-state index in [-0.39, 0.29) is 5.91 Å². The van der Waals surface area contributed by atoms with Crippen LogP contribution in [0.3, 0.4) is 0 Å². The van der Waals surface area contributed by atoms with Crippen LogP contribution in [-0.4, -0.2) is 45.9 Å². The largest absolute Gasteiger partial charge is 0.382 e. The molecule has 5 heteroatoms. The third-order valence-electron chi connectivity index (χ3n) is 2.36. The van der Waals surface area contributed by atoms with Crippen LogP contribution in [0, 0.1) is 0 Å². The van der Waals surface area contributed by atoms with Gasteiger partial charge < -0.3 is 20.5 Å². The normalized spacial score (nSPS) is 10.5. The molecule has 102 valence electrons. The zero-order valence-electron chi connectivity index (χ0n) is 10.9. The molecule has 0 rings (SSSR count). The molecule has 0 bridgehead atoms. The molecule has 0 heterocycles. The van der Waals surface area contributed by atoms with E-state index in [9.17, 15) is 4.79 Å². The van der Waals surface area contributed by atoms with Crippen molar-refractivity contribution >= 4 is 5.91 Å². The Labute approximate surface area is 104 Å². The average molecular weight is 246 g/mol. The minimum Gasteiger partial charge on any atom is -0.382 e. The number of carbonyl (C=O) groups is 1. The van der Waals surface area contributed by atoms with Gasteiger partial charge in [-0.1, -0.05) is 12.8 Å². The molecule has 0 saturated carbocycles.